The molecule has 2 aliphatic heterocycles. The average Bonchev–Trinajstić information content (AvgIpc) is 3.26. The maximum absolute atomic E-state index is 13.3. The first-order valence-electron chi connectivity index (χ1n) is 10.9. The second-order valence-corrected chi connectivity index (χ2v) is 8.71. The van der Waals surface area contributed by atoms with Crippen molar-refractivity contribution in [3.63, 3.8) is 0 Å². The largest absolute Gasteiger partial charge is 0.484 e. The van der Waals surface area contributed by atoms with Crippen molar-refractivity contribution in [2.24, 2.45) is 0 Å². The monoisotopic (exact) mass is 520 g/mol. The summed E-state index contributed by atoms with van der Waals surface area (Å²) >= 11 is 6.11. The molecule has 3 aromatic rings. The quantitative estimate of drug-likeness (QED) is 0.388. The third-order valence-electron chi connectivity index (χ3n) is 5.82. The van der Waals surface area contributed by atoms with Gasteiger partial charge in [-0.25, -0.2) is 15.0 Å². The van der Waals surface area contributed by atoms with E-state index in [4.69, 9.17) is 26.8 Å². The molecule has 5 rings (SSSR count). The number of nitrogens with one attached hydrogen (secondary N) is 1. The highest BCUT2D eigenvalue weighted by Gasteiger charge is 2.33. The summed E-state index contributed by atoms with van der Waals surface area (Å²) in [4.78, 5) is 27.4. The van der Waals surface area contributed by atoms with Gasteiger partial charge in [0.2, 0.25) is 5.28 Å². The number of nitrogen functional groups attached to an aromatic ring is 1. The zero-order valence-corrected chi connectivity index (χ0v) is 19.7. The highest BCUT2D eigenvalue weighted by Crippen LogP contribution is 2.35. The molecule has 4 heterocycles. The maximum atomic E-state index is 13.3. The second-order valence-electron chi connectivity index (χ2n) is 8.38. The van der Waals surface area contributed by atoms with Gasteiger partial charge in [0.05, 0.1) is 30.4 Å². The minimum atomic E-state index is -4.54. The molecule has 0 radical (unpaired) electrons. The number of carbonyl (C=O) groups is 1. The minimum absolute atomic E-state index is 0.0110. The number of ether oxygens (including phenoxy) is 2. The number of alkyl halides is 3. The van der Waals surface area contributed by atoms with Crippen molar-refractivity contribution in [2.75, 3.05) is 24.3 Å². The van der Waals surface area contributed by atoms with Crippen molar-refractivity contribution in [2.45, 2.75) is 32.2 Å². The van der Waals surface area contributed by atoms with Crippen LogP contribution >= 0.6 is 11.6 Å². The summed E-state index contributed by atoms with van der Waals surface area (Å²) in [7, 11) is 0. The molecule has 1 atom stereocenters. The fourth-order valence-corrected chi connectivity index (χ4v) is 4.26. The van der Waals surface area contributed by atoms with E-state index in [1.54, 1.807) is 19.1 Å². The van der Waals surface area contributed by atoms with Gasteiger partial charge in [-0.3, -0.25) is 4.79 Å². The van der Waals surface area contributed by atoms with Crippen LogP contribution in [0.1, 0.15) is 45.8 Å². The van der Waals surface area contributed by atoms with Crippen LogP contribution in [0.5, 0.6) is 11.6 Å². The molecule has 0 unspecified atom stereocenters. The number of rotatable bonds is 4. The van der Waals surface area contributed by atoms with Crippen LogP contribution in [0.25, 0.3) is 0 Å². The number of benzene rings is 1. The van der Waals surface area contributed by atoms with Crippen LogP contribution in [0.15, 0.2) is 30.3 Å². The number of carbonyl (C=O) groups excluding carboxylic acids is 1. The zero-order chi connectivity index (χ0) is 25.6. The molecule has 9 nitrogen and oxygen atoms in total. The molecule has 188 valence electrons. The van der Waals surface area contributed by atoms with E-state index in [1.165, 1.54) is 11.0 Å². The van der Waals surface area contributed by atoms with Crippen molar-refractivity contribution >= 4 is 29.0 Å². The Labute approximate surface area is 208 Å². The number of halogens is 4. The molecule has 1 amide bonds. The molecule has 0 bridgehead atoms. The number of hydrogen-bond donors (Lipinski definition) is 2. The van der Waals surface area contributed by atoms with Crippen LogP contribution in [0.3, 0.4) is 0 Å². The number of nitrogens with two attached hydrogens (primary N) is 1. The van der Waals surface area contributed by atoms with Gasteiger partial charge in [-0.2, -0.15) is 13.2 Å². The lowest BCUT2D eigenvalue weighted by molar-refractivity contribution is -0.137. The molecular weight excluding hydrogens is 501 g/mol. The SMILES string of the molecule is C[C@@H](Nc1nc(Cl)nc2c1CN(C(=O)c1ccc3c(n1)OCCO3)C2)c1cc(N)cc(C(F)(F)F)c1. The van der Waals surface area contributed by atoms with Gasteiger partial charge < -0.3 is 25.4 Å². The Bertz CT molecular complexity index is 1350. The number of pyridine rings is 1. The number of nitrogens with zero attached hydrogens (tertiary/aromatic N) is 4. The Morgan fingerprint density at radius 1 is 1.14 bits per heavy atom. The van der Waals surface area contributed by atoms with E-state index < -0.39 is 17.8 Å². The van der Waals surface area contributed by atoms with E-state index in [0.29, 0.717) is 41.6 Å². The Morgan fingerprint density at radius 2 is 1.92 bits per heavy atom. The van der Waals surface area contributed by atoms with Crippen molar-refractivity contribution in [1.29, 1.82) is 0 Å². The van der Waals surface area contributed by atoms with Gasteiger partial charge in [-0.15, -0.1) is 0 Å². The smallest absolute Gasteiger partial charge is 0.416 e. The van der Waals surface area contributed by atoms with Gasteiger partial charge >= 0.3 is 6.18 Å². The number of anilines is 2. The second kappa shape index (κ2) is 9.01. The number of amides is 1. The van der Waals surface area contributed by atoms with E-state index in [-0.39, 0.29) is 41.5 Å². The molecule has 2 aromatic heterocycles. The first-order valence-corrected chi connectivity index (χ1v) is 11.3. The number of hydrogen-bond acceptors (Lipinski definition) is 8. The first-order chi connectivity index (χ1) is 17.1. The van der Waals surface area contributed by atoms with Crippen LogP contribution in [0.4, 0.5) is 24.7 Å². The zero-order valence-electron chi connectivity index (χ0n) is 18.9. The van der Waals surface area contributed by atoms with E-state index in [0.717, 1.165) is 12.1 Å². The van der Waals surface area contributed by atoms with Crippen molar-refractivity contribution in [3.8, 4) is 11.6 Å². The van der Waals surface area contributed by atoms with Gasteiger partial charge in [0.25, 0.3) is 11.8 Å². The lowest BCUT2D eigenvalue weighted by Crippen LogP contribution is -2.27. The Kier molecular flexibility index (Phi) is 5.99. The molecular formula is C23H20ClF3N6O3. The van der Waals surface area contributed by atoms with Crippen LogP contribution in [0.2, 0.25) is 5.28 Å². The summed E-state index contributed by atoms with van der Waals surface area (Å²) in [5, 5.41) is 3.04. The van der Waals surface area contributed by atoms with Gasteiger partial charge in [0.1, 0.15) is 24.7 Å². The highest BCUT2D eigenvalue weighted by molar-refractivity contribution is 6.28. The first kappa shape index (κ1) is 23.9. The van der Waals surface area contributed by atoms with Crippen molar-refractivity contribution in [1.82, 2.24) is 19.9 Å². The summed E-state index contributed by atoms with van der Waals surface area (Å²) in [6, 6.07) is 5.94. The average molecular weight is 521 g/mol. The summed E-state index contributed by atoms with van der Waals surface area (Å²) in [5.41, 5.74) is 6.48. The minimum Gasteiger partial charge on any atom is -0.484 e. The lowest BCUT2D eigenvalue weighted by Gasteiger charge is -2.20. The van der Waals surface area contributed by atoms with E-state index >= 15 is 0 Å². The highest BCUT2D eigenvalue weighted by atomic mass is 35.5. The van der Waals surface area contributed by atoms with Crippen LogP contribution in [-0.4, -0.2) is 39.0 Å². The molecule has 13 heteroatoms. The molecule has 2 aliphatic rings. The Morgan fingerprint density at radius 3 is 2.69 bits per heavy atom. The van der Waals surface area contributed by atoms with Gasteiger partial charge in [-0.05, 0) is 54.4 Å². The lowest BCUT2D eigenvalue weighted by atomic mass is 10.0. The van der Waals surface area contributed by atoms with Gasteiger partial charge in [0.15, 0.2) is 5.75 Å². The molecule has 0 aliphatic carbocycles. The fraction of sp³-hybridized carbons (Fsp3) is 0.304. The Hall–Kier alpha value is -3.80. The predicted molar refractivity (Wildman–Crippen MR) is 124 cm³/mol. The van der Waals surface area contributed by atoms with Gasteiger partial charge in [0, 0.05) is 11.3 Å². The van der Waals surface area contributed by atoms with E-state index in [9.17, 15) is 18.0 Å². The summed E-state index contributed by atoms with van der Waals surface area (Å²) < 4.78 is 50.7. The van der Waals surface area contributed by atoms with Crippen LogP contribution in [0, 0.1) is 0 Å². The molecule has 0 saturated carbocycles. The predicted octanol–water partition coefficient (Wildman–Crippen LogP) is 4.23. The van der Waals surface area contributed by atoms with Crippen molar-refractivity contribution in [3.05, 3.63) is 63.7 Å². The topological polar surface area (TPSA) is 115 Å². The van der Waals surface area contributed by atoms with Crippen LogP contribution in [-0.2, 0) is 19.3 Å². The summed E-state index contributed by atoms with van der Waals surface area (Å²) in [6.45, 7) is 2.73. The van der Waals surface area contributed by atoms with Gasteiger partial charge in [-0.1, -0.05) is 0 Å². The third-order valence-corrected chi connectivity index (χ3v) is 5.99. The van der Waals surface area contributed by atoms with E-state index in [1.807, 2.05) is 0 Å². The molecule has 3 N–H and O–H groups in total. The fourth-order valence-electron chi connectivity index (χ4n) is 4.08. The summed E-state index contributed by atoms with van der Waals surface area (Å²) in [6.07, 6.45) is -4.54. The standard InChI is InChI=1S/C23H20ClF3N6O3/c1-11(12-6-13(23(25,26)27)8-14(28)7-12)29-19-15-9-33(10-17(15)31-22(24)32-19)21(34)16-2-3-18-20(30-16)36-5-4-35-18/h2-3,6-8,11H,4-5,9-10,28H2,1H3,(H,29,31,32)/t11-/m1/s1. The molecule has 0 spiro atoms. The maximum Gasteiger partial charge on any atom is 0.416 e. The normalized spacial score (nSPS) is 15.4. The molecule has 1 aromatic carbocycles. The molecule has 0 saturated heterocycles. The van der Waals surface area contributed by atoms with Crippen LogP contribution < -0.4 is 20.5 Å². The molecule has 36 heavy (non-hydrogen) atoms. The number of aromatic nitrogens is 3. The van der Waals surface area contributed by atoms with Crippen molar-refractivity contribution < 1.29 is 27.4 Å². The molecule has 0 fully saturated rings. The summed E-state index contributed by atoms with van der Waals surface area (Å²) in [5.74, 6) is 0.684. The Balaban J connectivity index is 1.38. The number of fused-ring (bicyclic) bond motifs is 2. The van der Waals surface area contributed by atoms with E-state index in [2.05, 4.69) is 20.3 Å². The third kappa shape index (κ3) is 4.68.